The number of hydrogen-bond donors (Lipinski definition) is 4. The van der Waals surface area contributed by atoms with Crippen LogP contribution < -0.4 is 0 Å². The van der Waals surface area contributed by atoms with Crippen LogP contribution in [-0.4, -0.2) is 55.7 Å². The Labute approximate surface area is 70.9 Å². The molecule has 6 nitrogen and oxygen atoms in total. The van der Waals surface area contributed by atoms with Gasteiger partial charge in [-0.05, 0) is 0 Å². The third-order valence-electron chi connectivity index (χ3n) is 1.51. The number of hydrogen-bond acceptors (Lipinski definition) is 5. The van der Waals surface area contributed by atoms with E-state index in [1.165, 1.54) is 0 Å². The molecule has 0 aromatic heterocycles. The molecule has 0 saturated heterocycles. The topological polar surface area (TPSA) is 107 Å². The zero-order valence-electron chi connectivity index (χ0n) is 6.43. The average molecular weight is 196 g/mol. The molecule has 0 rings (SSSR count). The first kappa shape index (κ1) is 11.5. The summed E-state index contributed by atoms with van der Waals surface area (Å²) < 4.78 is 14.4. The van der Waals surface area contributed by atoms with Crippen LogP contribution in [0, 0.1) is 5.41 Å². The van der Waals surface area contributed by atoms with Gasteiger partial charge in [0, 0.05) is 0 Å². The highest BCUT2D eigenvalue weighted by Crippen LogP contribution is 2.14. The molecule has 0 aliphatic heterocycles. The summed E-state index contributed by atoms with van der Waals surface area (Å²) in [4.78, 5) is 8.28. The fourth-order valence-electron chi connectivity index (χ4n) is 0.502. The van der Waals surface area contributed by atoms with Crippen LogP contribution in [0.4, 0.5) is 0 Å². The van der Waals surface area contributed by atoms with Crippen molar-refractivity contribution in [3.63, 3.8) is 0 Å². The lowest BCUT2D eigenvalue weighted by Gasteiger charge is -2.25. The molecule has 0 radical (unpaired) electrons. The first-order valence-electron chi connectivity index (χ1n) is 3.28. The van der Waals surface area contributed by atoms with E-state index in [4.69, 9.17) is 20.1 Å². The molecule has 12 heavy (non-hydrogen) atoms. The summed E-state index contributed by atoms with van der Waals surface area (Å²) in [5.41, 5.74) is -1.23. The van der Waals surface area contributed by atoms with Crippen LogP contribution in [0.25, 0.3) is 0 Å². The van der Waals surface area contributed by atoms with Gasteiger partial charge in [0.25, 0.3) is 0 Å². The molecule has 0 unspecified atom stereocenters. The largest absolute Gasteiger partial charge is 0.764 e. The van der Waals surface area contributed by atoms with Crippen molar-refractivity contribution >= 4 is 9.17 Å². The first-order chi connectivity index (χ1) is 5.60. The van der Waals surface area contributed by atoms with Gasteiger partial charge in [0.15, 0.2) is 0 Å². The molecule has 0 aromatic rings. The summed E-state index contributed by atoms with van der Waals surface area (Å²) in [6, 6.07) is 0. The highest BCUT2D eigenvalue weighted by atomic mass is 28.3. The van der Waals surface area contributed by atoms with Gasteiger partial charge in [0.05, 0.1) is 31.8 Å². The Bertz CT molecular complexity index is 137. The normalized spacial score (nSPS) is 11.2. The molecule has 0 spiro atoms. The molecule has 72 valence electrons. The van der Waals surface area contributed by atoms with Crippen molar-refractivity contribution in [2.24, 2.45) is 5.41 Å². The maximum absolute atomic E-state index is 10.1. The molecule has 0 heterocycles. The van der Waals surface area contributed by atoms with Crippen molar-refractivity contribution in [3.05, 3.63) is 0 Å². The van der Waals surface area contributed by atoms with Crippen molar-refractivity contribution in [2.45, 2.75) is 0 Å². The number of aliphatic hydroxyl groups is 3. The Morgan fingerprint density at radius 1 is 1.17 bits per heavy atom. The molecule has 0 aromatic carbocycles. The SMILES string of the molecule is O=[Si](O)OCC(CO)(CO)CO. The van der Waals surface area contributed by atoms with Gasteiger partial charge in [-0.15, -0.1) is 0 Å². The molecule has 0 atom stereocenters. The molecule has 0 saturated carbocycles. The van der Waals surface area contributed by atoms with E-state index in [0.29, 0.717) is 0 Å². The third-order valence-corrected chi connectivity index (χ3v) is 1.90. The zero-order valence-corrected chi connectivity index (χ0v) is 7.43. The van der Waals surface area contributed by atoms with Crippen molar-refractivity contribution in [3.8, 4) is 0 Å². The van der Waals surface area contributed by atoms with Crippen molar-refractivity contribution in [1.29, 1.82) is 0 Å². The van der Waals surface area contributed by atoms with Gasteiger partial charge in [-0.1, -0.05) is 0 Å². The monoisotopic (exact) mass is 196 g/mol. The van der Waals surface area contributed by atoms with E-state index in [1.54, 1.807) is 0 Å². The van der Waals surface area contributed by atoms with E-state index in [-0.39, 0.29) is 6.61 Å². The van der Waals surface area contributed by atoms with Gasteiger partial charge in [-0.3, -0.25) is 4.46 Å². The Morgan fingerprint density at radius 2 is 1.58 bits per heavy atom. The maximum atomic E-state index is 10.1. The zero-order chi connectivity index (χ0) is 9.61. The van der Waals surface area contributed by atoms with Gasteiger partial charge in [-0.2, -0.15) is 0 Å². The molecule has 0 fully saturated rings. The summed E-state index contributed by atoms with van der Waals surface area (Å²) in [5.74, 6) is 0. The Balaban J connectivity index is 4.01. The van der Waals surface area contributed by atoms with Crippen LogP contribution in [0.3, 0.4) is 0 Å². The molecular formula is C5H12O6Si. The van der Waals surface area contributed by atoms with Gasteiger partial charge < -0.3 is 24.5 Å². The fourth-order valence-corrected chi connectivity index (χ4v) is 0.931. The number of aliphatic hydroxyl groups excluding tert-OH is 3. The minimum atomic E-state index is -3.08. The first-order valence-corrected chi connectivity index (χ1v) is 4.55. The van der Waals surface area contributed by atoms with Gasteiger partial charge in [0.2, 0.25) is 0 Å². The molecule has 4 N–H and O–H groups in total. The third kappa shape index (κ3) is 3.26. The van der Waals surface area contributed by atoms with E-state index in [1.807, 2.05) is 0 Å². The second kappa shape index (κ2) is 5.20. The highest BCUT2D eigenvalue weighted by molar-refractivity contribution is 6.24. The summed E-state index contributed by atoms with van der Waals surface area (Å²) in [6.07, 6.45) is 0. The average Bonchev–Trinajstić information content (AvgIpc) is 2.08. The summed E-state index contributed by atoms with van der Waals surface area (Å²) >= 11 is 0. The molecular weight excluding hydrogens is 184 g/mol. The molecule has 0 amide bonds. The summed E-state index contributed by atoms with van der Waals surface area (Å²) in [6.45, 7) is -1.86. The van der Waals surface area contributed by atoms with Crippen LogP contribution in [0.1, 0.15) is 0 Å². The van der Waals surface area contributed by atoms with Crippen LogP contribution in [-0.2, 0) is 8.89 Å². The standard InChI is InChI=1S/C5H12O6Si/c6-1-5(2-7,3-8)4-11-12(9)10/h6-9H,1-4H2. The summed E-state index contributed by atoms with van der Waals surface area (Å²) in [5, 5.41) is 26.2. The van der Waals surface area contributed by atoms with Crippen molar-refractivity contribution in [2.75, 3.05) is 26.4 Å². The van der Waals surface area contributed by atoms with Crippen molar-refractivity contribution < 1.29 is 29.0 Å². The van der Waals surface area contributed by atoms with Gasteiger partial charge in [-0.25, -0.2) is 0 Å². The predicted octanol–water partition coefficient (Wildman–Crippen LogP) is -2.63. The Hall–Kier alpha value is -0.503. The molecule has 0 aliphatic carbocycles. The predicted molar refractivity (Wildman–Crippen MR) is 38.3 cm³/mol. The quantitative estimate of drug-likeness (QED) is 0.346. The van der Waals surface area contributed by atoms with E-state index < -0.39 is 34.4 Å². The summed E-state index contributed by atoms with van der Waals surface area (Å²) in [7, 11) is -3.08. The van der Waals surface area contributed by atoms with Gasteiger partial charge in [0.1, 0.15) is 0 Å². The van der Waals surface area contributed by atoms with Crippen molar-refractivity contribution in [1.82, 2.24) is 0 Å². The number of rotatable bonds is 6. The molecule has 0 bridgehead atoms. The van der Waals surface area contributed by atoms with Crippen LogP contribution >= 0.6 is 0 Å². The molecule has 7 heteroatoms. The minimum absolute atomic E-state index is 0.342. The maximum Gasteiger partial charge on any atom is 0.764 e. The molecule has 0 aliphatic rings. The lowest BCUT2D eigenvalue weighted by Crippen LogP contribution is -2.39. The minimum Gasteiger partial charge on any atom is -0.511 e. The van der Waals surface area contributed by atoms with Crippen LogP contribution in [0.2, 0.25) is 0 Å². The lowest BCUT2D eigenvalue weighted by molar-refractivity contribution is -0.0319. The van der Waals surface area contributed by atoms with Gasteiger partial charge >= 0.3 is 9.17 Å². The Morgan fingerprint density at radius 3 is 1.83 bits per heavy atom. The van der Waals surface area contributed by atoms with E-state index >= 15 is 0 Å². The van der Waals surface area contributed by atoms with Crippen LogP contribution in [0.15, 0.2) is 0 Å². The second-order valence-electron chi connectivity index (χ2n) is 2.53. The van der Waals surface area contributed by atoms with E-state index in [2.05, 4.69) is 4.43 Å². The lowest BCUT2D eigenvalue weighted by atomic mass is 9.93. The second-order valence-corrected chi connectivity index (χ2v) is 3.35. The highest BCUT2D eigenvalue weighted by Gasteiger charge is 2.30. The van der Waals surface area contributed by atoms with E-state index in [9.17, 15) is 4.46 Å². The van der Waals surface area contributed by atoms with Crippen LogP contribution in [0.5, 0.6) is 0 Å². The fraction of sp³-hybridized carbons (Fsp3) is 1.00. The Kier molecular flexibility index (Phi) is 4.98. The van der Waals surface area contributed by atoms with E-state index in [0.717, 1.165) is 0 Å². The smallest absolute Gasteiger partial charge is 0.511 e.